The second kappa shape index (κ2) is 4.99. The maximum absolute atomic E-state index is 11.8. The van der Waals surface area contributed by atoms with Crippen LogP contribution >= 0.6 is 0 Å². The van der Waals surface area contributed by atoms with Crippen LogP contribution in [0.5, 0.6) is 0 Å². The summed E-state index contributed by atoms with van der Waals surface area (Å²) in [6.45, 7) is 5.43. The Balaban J connectivity index is 2.96. The third-order valence-corrected chi connectivity index (χ3v) is 2.51. The molecular weight excluding hydrogens is 204 g/mol. The molecule has 0 saturated carbocycles. The van der Waals surface area contributed by atoms with E-state index in [0.29, 0.717) is 11.3 Å². The van der Waals surface area contributed by atoms with Gasteiger partial charge in [-0.15, -0.1) is 0 Å². The van der Waals surface area contributed by atoms with Gasteiger partial charge in [-0.1, -0.05) is 6.07 Å². The van der Waals surface area contributed by atoms with Crippen LogP contribution < -0.4 is 11.1 Å². The topological polar surface area (TPSA) is 75.3 Å². The number of benzene rings is 1. The maximum atomic E-state index is 11.8. The van der Waals surface area contributed by atoms with Gasteiger partial charge in [0.15, 0.2) is 0 Å². The second-order valence-electron chi connectivity index (χ2n) is 4.08. The predicted octanol–water partition coefficient (Wildman–Crippen LogP) is 0.996. The van der Waals surface area contributed by atoms with Crippen LogP contribution in [0.3, 0.4) is 0 Å². The summed E-state index contributed by atoms with van der Waals surface area (Å²) < 4.78 is 0. The van der Waals surface area contributed by atoms with Gasteiger partial charge in [-0.25, -0.2) is 0 Å². The first-order valence-electron chi connectivity index (χ1n) is 5.24. The summed E-state index contributed by atoms with van der Waals surface area (Å²) in [7, 11) is 0. The minimum absolute atomic E-state index is 0.0773. The first-order valence-corrected chi connectivity index (χ1v) is 5.24. The molecule has 0 aliphatic heterocycles. The first kappa shape index (κ1) is 12.5. The van der Waals surface area contributed by atoms with Crippen molar-refractivity contribution in [2.24, 2.45) is 0 Å². The Morgan fingerprint density at radius 2 is 2.06 bits per heavy atom. The highest BCUT2D eigenvalue weighted by molar-refractivity contribution is 5.96. The van der Waals surface area contributed by atoms with Gasteiger partial charge in [0.1, 0.15) is 0 Å². The SMILES string of the molecule is Cc1cc(C)c(C(=O)N[C@@H](C)CO)cc1N. The van der Waals surface area contributed by atoms with E-state index in [1.165, 1.54) is 0 Å². The Morgan fingerprint density at radius 3 is 2.62 bits per heavy atom. The van der Waals surface area contributed by atoms with Gasteiger partial charge in [0, 0.05) is 17.3 Å². The van der Waals surface area contributed by atoms with Crippen molar-refractivity contribution in [3.05, 3.63) is 28.8 Å². The lowest BCUT2D eigenvalue weighted by Gasteiger charge is -2.13. The number of aliphatic hydroxyl groups excluding tert-OH is 1. The number of hydrogen-bond acceptors (Lipinski definition) is 3. The monoisotopic (exact) mass is 222 g/mol. The van der Waals surface area contributed by atoms with Gasteiger partial charge in [-0.05, 0) is 38.0 Å². The fourth-order valence-electron chi connectivity index (χ4n) is 1.46. The fourth-order valence-corrected chi connectivity index (χ4v) is 1.46. The molecule has 88 valence electrons. The lowest BCUT2D eigenvalue weighted by molar-refractivity contribution is 0.0921. The lowest BCUT2D eigenvalue weighted by Crippen LogP contribution is -2.35. The van der Waals surface area contributed by atoms with Crippen LogP contribution in [-0.4, -0.2) is 23.7 Å². The van der Waals surface area contributed by atoms with Gasteiger partial charge in [0.25, 0.3) is 5.91 Å². The van der Waals surface area contributed by atoms with Gasteiger partial charge in [-0.3, -0.25) is 4.79 Å². The number of carbonyl (C=O) groups is 1. The number of rotatable bonds is 3. The van der Waals surface area contributed by atoms with Crippen molar-refractivity contribution in [1.82, 2.24) is 5.32 Å². The van der Waals surface area contributed by atoms with E-state index >= 15 is 0 Å². The predicted molar refractivity (Wildman–Crippen MR) is 64.3 cm³/mol. The zero-order valence-corrected chi connectivity index (χ0v) is 9.87. The molecule has 0 bridgehead atoms. The number of aryl methyl sites for hydroxylation is 2. The van der Waals surface area contributed by atoms with Gasteiger partial charge in [0.05, 0.1) is 6.61 Å². The molecule has 1 atom stereocenters. The number of aliphatic hydroxyl groups is 1. The second-order valence-corrected chi connectivity index (χ2v) is 4.08. The fraction of sp³-hybridized carbons (Fsp3) is 0.417. The lowest BCUT2D eigenvalue weighted by atomic mass is 10.0. The van der Waals surface area contributed by atoms with Crippen LogP contribution in [0.25, 0.3) is 0 Å². The van der Waals surface area contributed by atoms with Gasteiger partial charge in [0.2, 0.25) is 0 Å². The van der Waals surface area contributed by atoms with Crippen molar-refractivity contribution in [1.29, 1.82) is 0 Å². The Kier molecular flexibility index (Phi) is 3.90. The summed E-state index contributed by atoms with van der Waals surface area (Å²) in [5, 5.41) is 11.5. The maximum Gasteiger partial charge on any atom is 0.251 e. The molecule has 1 aromatic rings. The van der Waals surface area contributed by atoms with Gasteiger partial charge in [-0.2, -0.15) is 0 Å². The van der Waals surface area contributed by atoms with E-state index in [4.69, 9.17) is 10.8 Å². The smallest absolute Gasteiger partial charge is 0.251 e. The van der Waals surface area contributed by atoms with Crippen molar-refractivity contribution < 1.29 is 9.90 Å². The van der Waals surface area contributed by atoms with Crippen molar-refractivity contribution in [3.63, 3.8) is 0 Å². The van der Waals surface area contributed by atoms with Crippen LogP contribution in [0.1, 0.15) is 28.4 Å². The molecule has 16 heavy (non-hydrogen) atoms. The van der Waals surface area contributed by atoms with Crippen LogP contribution in [0.15, 0.2) is 12.1 Å². The largest absolute Gasteiger partial charge is 0.398 e. The first-order chi connectivity index (χ1) is 7.45. The molecular formula is C12H18N2O2. The van der Waals surface area contributed by atoms with Crippen LogP contribution in [0.2, 0.25) is 0 Å². The molecule has 1 amide bonds. The minimum atomic E-state index is -0.255. The van der Waals surface area contributed by atoms with Crippen molar-refractivity contribution in [2.45, 2.75) is 26.8 Å². The van der Waals surface area contributed by atoms with E-state index < -0.39 is 0 Å². The standard InChI is InChI=1S/C12H18N2O2/c1-7-4-8(2)11(13)5-10(7)12(16)14-9(3)6-15/h4-5,9,15H,6,13H2,1-3H3,(H,14,16)/t9-/m0/s1. The molecule has 0 radical (unpaired) electrons. The van der Waals surface area contributed by atoms with Gasteiger partial charge >= 0.3 is 0 Å². The number of amides is 1. The van der Waals surface area contributed by atoms with Crippen LogP contribution in [-0.2, 0) is 0 Å². The summed E-state index contributed by atoms with van der Waals surface area (Å²) in [6, 6.07) is 3.30. The summed E-state index contributed by atoms with van der Waals surface area (Å²) >= 11 is 0. The highest BCUT2D eigenvalue weighted by Crippen LogP contribution is 2.17. The van der Waals surface area contributed by atoms with Crippen molar-refractivity contribution in [3.8, 4) is 0 Å². The number of carbonyl (C=O) groups excluding carboxylic acids is 1. The van der Waals surface area contributed by atoms with Crippen molar-refractivity contribution >= 4 is 11.6 Å². The van der Waals surface area contributed by atoms with E-state index in [1.807, 2.05) is 19.9 Å². The van der Waals surface area contributed by atoms with E-state index in [2.05, 4.69) is 5.32 Å². The molecule has 4 nitrogen and oxygen atoms in total. The quantitative estimate of drug-likeness (QED) is 0.668. The molecule has 1 aromatic carbocycles. The number of hydrogen-bond donors (Lipinski definition) is 3. The molecule has 4 heteroatoms. The molecule has 0 fully saturated rings. The summed E-state index contributed by atoms with van der Waals surface area (Å²) in [4.78, 5) is 11.8. The summed E-state index contributed by atoms with van der Waals surface area (Å²) in [5.74, 6) is -0.203. The highest BCUT2D eigenvalue weighted by Gasteiger charge is 2.12. The molecule has 0 spiro atoms. The van der Waals surface area contributed by atoms with Crippen molar-refractivity contribution in [2.75, 3.05) is 12.3 Å². The van der Waals surface area contributed by atoms with E-state index in [9.17, 15) is 4.79 Å². The number of nitrogen functional groups attached to an aromatic ring is 1. The zero-order valence-electron chi connectivity index (χ0n) is 9.87. The van der Waals surface area contributed by atoms with E-state index in [-0.39, 0.29) is 18.6 Å². The number of nitrogens with two attached hydrogens (primary N) is 1. The minimum Gasteiger partial charge on any atom is -0.398 e. The van der Waals surface area contributed by atoms with Crippen LogP contribution in [0, 0.1) is 13.8 Å². The molecule has 0 heterocycles. The van der Waals surface area contributed by atoms with E-state index in [0.717, 1.165) is 11.1 Å². The number of nitrogens with one attached hydrogen (secondary N) is 1. The molecule has 0 aromatic heterocycles. The van der Waals surface area contributed by atoms with E-state index in [1.54, 1.807) is 13.0 Å². The number of anilines is 1. The normalized spacial score (nSPS) is 12.2. The molecule has 4 N–H and O–H groups in total. The van der Waals surface area contributed by atoms with Gasteiger partial charge < -0.3 is 16.2 Å². The summed E-state index contributed by atoms with van der Waals surface area (Å²) in [6.07, 6.45) is 0. The third-order valence-electron chi connectivity index (χ3n) is 2.51. The molecule has 0 unspecified atom stereocenters. The summed E-state index contributed by atoms with van der Waals surface area (Å²) in [5.41, 5.74) is 8.77. The zero-order chi connectivity index (χ0) is 12.3. The third kappa shape index (κ3) is 2.73. The molecule has 0 aliphatic rings. The average Bonchev–Trinajstić information content (AvgIpc) is 2.23. The molecule has 1 rings (SSSR count). The highest BCUT2D eigenvalue weighted by atomic mass is 16.3. The Bertz CT molecular complexity index is 402. The Morgan fingerprint density at radius 1 is 1.44 bits per heavy atom. The Hall–Kier alpha value is -1.55. The average molecular weight is 222 g/mol. The Labute approximate surface area is 95.5 Å². The molecule has 0 saturated heterocycles. The molecule has 0 aliphatic carbocycles. The van der Waals surface area contributed by atoms with Crippen LogP contribution in [0.4, 0.5) is 5.69 Å².